The summed E-state index contributed by atoms with van der Waals surface area (Å²) in [6.45, 7) is 0.0286. The van der Waals surface area contributed by atoms with Gasteiger partial charge in [0.25, 0.3) is 5.91 Å². The topological polar surface area (TPSA) is 83.1 Å². The van der Waals surface area contributed by atoms with Crippen molar-refractivity contribution in [2.24, 2.45) is 0 Å². The van der Waals surface area contributed by atoms with Gasteiger partial charge in [-0.15, -0.1) is 0 Å². The third-order valence-corrected chi connectivity index (χ3v) is 4.57. The molecule has 0 bridgehead atoms. The highest BCUT2D eigenvalue weighted by molar-refractivity contribution is 5.91. The van der Waals surface area contributed by atoms with Crippen molar-refractivity contribution in [1.82, 2.24) is 5.32 Å². The lowest BCUT2D eigenvalue weighted by Crippen LogP contribution is -2.30. The minimum Gasteiger partial charge on any atom is -0.493 e. The van der Waals surface area contributed by atoms with Crippen LogP contribution in [0.15, 0.2) is 72.8 Å². The van der Waals surface area contributed by atoms with Crippen LogP contribution in [0, 0.1) is 0 Å². The van der Waals surface area contributed by atoms with Gasteiger partial charge in [0.1, 0.15) is 11.5 Å². The first-order chi connectivity index (χ1) is 15.6. The van der Waals surface area contributed by atoms with E-state index in [0.29, 0.717) is 41.5 Å². The smallest absolute Gasteiger partial charge is 0.338 e. The Balaban J connectivity index is 1.45. The molecule has 3 aromatic carbocycles. The molecule has 7 heteroatoms. The van der Waals surface area contributed by atoms with E-state index < -0.39 is 5.97 Å². The molecule has 1 N–H and O–H groups in total. The van der Waals surface area contributed by atoms with Gasteiger partial charge >= 0.3 is 5.97 Å². The van der Waals surface area contributed by atoms with Gasteiger partial charge in [-0.1, -0.05) is 30.3 Å². The number of benzene rings is 3. The summed E-state index contributed by atoms with van der Waals surface area (Å²) in [6, 6.07) is 21.4. The van der Waals surface area contributed by atoms with E-state index in [-0.39, 0.29) is 12.5 Å². The Kier molecular flexibility index (Phi) is 8.09. The first kappa shape index (κ1) is 22.7. The highest BCUT2D eigenvalue weighted by Crippen LogP contribution is 2.27. The van der Waals surface area contributed by atoms with Crippen molar-refractivity contribution in [2.75, 3.05) is 27.4 Å². The molecule has 3 aromatic rings. The van der Waals surface area contributed by atoms with Crippen LogP contribution < -0.4 is 19.5 Å². The van der Waals surface area contributed by atoms with Crippen LogP contribution in [0.2, 0.25) is 0 Å². The number of carbonyl (C=O) groups is 2. The van der Waals surface area contributed by atoms with Gasteiger partial charge in [-0.25, -0.2) is 4.79 Å². The van der Waals surface area contributed by atoms with Gasteiger partial charge in [0.05, 0.1) is 19.8 Å². The van der Waals surface area contributed by atoms with E-state index >= 15 is 0 Å². The molecule has 0 saturated carbocycles. The molecule has 3 rings (SSSR count). The van der Waals surface area contributed by atoms with Gasteiger partial charge in [0, 0.05) is 6.54 Å². The Labute approximate surface area is 186 Å². The second kappa shape index (κ2) is 11.4. The maximum Gasteiger partial charge on any atom is 0.338 e. The van der Waals surface area contributed by atoms with Crippen molar-refractivity contribution in [3.05, 3.63) is 83.9 Å². The van der Waals surface area contributed by atoms with Gasteiger partial charge in [0.2, 0.25) is 0 Å². The molecule has 0 heterocycles. The number of methoxy groups -OCH3 is 2. The van der Waals surface area contributed by atoms with Crippen molar-refractivity contribution in [3.8, 4) is 23.0 Å². The van der Waals surface area contributed by atoms with Crippen LogP contribution in [0.5, 0.6) is 23.0 Å². The van der Waals surface area contributed by atoms with E-state index in [1.165, 1.54) is 0 Å². The molecule has 0 radical (unpaired) electrons. The fraction of sp³-hybridized carbons (Fsp3) is 0.200. The number of hydrogen-bond donors (Lipinski definition) is 1. The van der Waals surface area contributed by atoms with Gasteiger partial charge in [0.15, 0.2) is 18.1 Å². The first-order valence-electron chi connectivity index (χ1n) is 10.1. The molecule has 0 unspecified atom stereocenters. The average Bonchev–Trinajstić information content (AvgIpc) is 2.83. The molecule has 0 aliphatic carbocycles. The summed E-state index contributed by atoms with van der Waals surface area (Å²) in [5, 5.41) is 2.74. The number of esters is 1. The van der Waals surface area contributed by atoms with Crippen LogP contribution in [0.4, 0.5) is 0 Å². The van der Waals surface area contributed by atoms with Crippen LogP contribution in [0.25, 0.3) is 0 Å². The van der Waals surface area contributed by atoms with E-state index in [1.54, 1.807) is 38.5 Å². The quantitative estimate of drug-likeness (QED) is 0.485. The van der Waals surface area contributed by atoms with Crippen LogP contribution in [-0.2, 0) is 16.0 Å². The second-order valence-corrected chi connectivity index (χ2v) is 6.81. The molecular formula is C25H25NO6. The number of rotatable bonds is 10. The zero-order chi connectivity index (χ0) is 22.8. The fourth-order valence-corrected chi connectivity index (χ4v) is 2.96. The average molecular weight is 435 g/mol. The van der Waals surface area contributed by atoms with Crippen molar-refractivity contribution in [1.29, 1.82) is 0 Å². The van der Waals surface area contributed by atoms with Gasteiger partial charge in [-0.2, -0.15) is 0 Å². The Morgan fingerprint density at radius 1 is 0.812 bits per heavy atom. The van der Waals surface area contributed by atoms with Crippen molar-refractivity contribution >= 4 is 11.9 Å². The summed E-state index contributed by atoms with van der Waals surface area (Å²) in [7, 11) is 3.15. The molecule has 0 saturated heterocycles. The second-order valence-electron chi connectivity index (χ2n) is 6.81. The predicted molar refractivity (Wildman–Crippen MR) is 120 cm³/mol. The standard InChI is InChI=1S/C25H25NO6/c1-29-22-12-11-18(15-23(22)30-2)13-14-26-24(27)17-31-25(28)19-7-6-10-21(16-19)32-20-8-4-3-5-9-20/h3-12,15-16H,13-14,17H2,1-2H3,(H,26,27). The number of hydrogen-bond acceptors (Lipinski definition) is 6. The van der Waals surface area contributed by atoms with Gasteiger partial charge in [-0.05, 0) is 54.4 Å². The number of nitrogens with one attached hydrogen (secondary N) is 1. The summed E-state index contributed by atoms with van der Waals surface area (Å²) in [6.07, 6.45) is 0.596. The minimum absolute atomic E-state index is 0.302. The summed E-state index contributed by atoms with van der Waals surface area (Å²) >= 11 is 0. The zero-order valence-electron chi connectivity index (χ0n) is 18.0. The lowest BCUT2D eigenvalue weighted by Gasteiger charge is -2.10. The zero-order valence-corrected chi connectivity index (χ0v) is 18.0. The van der Waals surface area contributed by atoms with E-state index in [1.807, 2.05) is 48.5 Å². The summed E-state index contributed by atoms with van der Waals surface area (Å²) in [4.78, 5) is 24.3. The monoisotopic (exact) mass is 435 g/mol. The molecule has 0 fully saturated rings. The Morgan fingerprint density at radius 3 is 2.31 bits per heavy atom. The molecule has 0 aliphatic heterocycles. The van der Waals surface area contributed by atoms with E-state index in [2.05, 4.69) is 5.32 Å². The third kappa shape index (κ3) is 6.50. The largest absolute Gasteiger partial charge is 0.493 e. The maximum atomic E-state index is 12.3. The molecule has 0 aromatic heterocycles. The normalized spacial score (nSPS) is 10.2. The van der Waals surface area contributed by atoms with Crippen LogP contribution >= 0.6 is 0 Å². The summed E-state index contributed by atoms with van der Waals surface area (Å²) in [5.74, 6) is 1.46. The molecule has 166 valence electrons. The molecule has 1 amide bonds. The van der Waals surface area contributed by atoms with Crippen LogP contribution in [0.3, 0.4) is 0 Å². The van der Waals surface area contributed by atoms with E-state index in [9.17, 15) is 9.59 Å². The van der Waals surface area contributed by atoms with Crippen LogP contribution in [0.1, 0.15) is 15.9 Å². The third-order valence-electron chi connectivity index (χ3n) is 4.57. The highest BCUT2D eigenvalue weighted by atomic mass is 16.5. The van der Waals surface area contributed by atoms with Crippen molar-refractivity contribution in [3.63, 3.8) is 0 Å². The Morgan fingerprint density at radius 2 is 1.56 bits per heavy atom. The van der Waals surface area contributed by atoms with Crippen molar-refractivity contribution < 1.29 is 28.5 Å². The lowest BCUT2D eigenvalue weighted by atomic mass is 10.1. The van der Waals surface area contributed by atoms with E-state index in [0.717, 1.165) is 5.56 Å². The van der Waals surface area contributed by atoms with Gasteiger partial charge in [-0.3, -0.25) is 4.79 Å². The number of para-hydroxylation sites is 1. The fourth-order valence-electron chi connectivity index (χ4n) is 2.96. The number of amides is 1. The summed E-state index contributed by atoms with van der Waals surface area (Å²) in [5.41, 5.74) is 1.28. The number of carbonyl (C=O) groups excluding carboxylic acids is 2. The minimum atomic E-state index is -0.599. The summed E-state index contributed by atoms with van der Waals surface area (Å²) < 4.78 is 21.3. The lowest BCUT2D eigenvalue weighted by molar-refractivity contribution is -0.124. The Hall–Kier alpha value is -4.00. The van der Waals surface area contributed by atoms with Crippen LogP contribution in [-0.4, -0.2) is 39.2 Å². The molecule has 0 atom stereocenters. The molecule has 0 aliphatic rings. The highest BCUT2D eigenvalue weighted by Gasteiger charge is 2.12. The predicted octanol–water partition coefficient (Wildman–Crippen LogP) is 4.01. The molecule has 7 nitrogen and oxygen atoms in total. The van der Waals surface area contributed by atoms with E-state index in [4.69, 9.17) is 18.9 Å². The molecular weight excluding hydrogens is 410 g/mol. The number of ether oxygens (including phenoxy) is 4. The van der Waals surface area contributed by atoms with Crippen molar-refractivity contribution in [2.45, 2.75) is 6.42 Å². The molecule has 0 spiro atoms. The van der Waals surface area contributed by atoms with Gasteiger partial charge < -0.3 is 24.3 Å². The first-order valence-corrected chi connectivity index (χ1v) is 10.1. The Bertz CT molecular complexity index is 1050. The molecule has 32 heavy (non-hydrogen) atoms. The SMILES string of the molecule is COc1ccc(CCNC(=O)COC(=O)c2cccc(Oc3ccccc3)c2)cc1OC. The maximum absolute atomic E-state index is 12.3.